The molecule has 1 heteroatoms. The first-order valence-corrected chi connectivity index (χ1v) is 3.16. The first kappa shape index (κ1) is 7.09. The van der Waals surface area contributed by atoms with Crippen LogP contribution in [0, 0.1) is 5.92 Å². The van der Waals surface area contributed by atoms with Crippen LogP contribution in [-0.4, -0.2) is 5.75 Å². The van der Waals surface area contributed by atoms with Gasteiger partial charge < -0.3 is 0 Å². The molecule has 0 fully saturated rings. The molecule has 0 spiro atoms. The Bertz CT molecular complexity index is 50.1. The average molecular weight is 116 g/mol. The SMILES string of the molecule is C=CC[C@H](C)CS. The topological polar surface area (TPSA) is 0 Å². The highest BCUT2D eigenvalue weighted by Gasteiger charge is 1.91. The van der Waals surface area contributed by atoms with E-state index in [0.29, 0.717) is 5.92 Å². The van der Waals surface area contributed by atoms with Crippen molar-refractivity contribution in [2.75, 3.05) is 5.75 Å². The van der Waals surface area contributed by atoms with Crippen LogP contribution in [-0.2, 0) is 0 Å². The molecule has 0 aliphatic heterocycles. The molecular weight excluding hydrogens is 104 g/mol. The predicted molar refractivity (Wildman–Crippen MR) is 37.8 cm³/mol. The lowest BCUT2D eigenvalue weighted by Gasteiger charge is -1.99. The highest BCUT2D eigenvalue weighted by atomic mass is 32.1. The summed E-state index contributed by atoms with van der Waals surface area (Å²) in [6.45, 7) is 5.78. The third-order valence-corrected chi connectivity index (χ3v) is 1.50. The monoisotopic (exact) mass is 116 g/mol. The highest BCUT2D eigenvalue weighted by molar-refractivity contribution is 7.80. The smallest absolute Gasteiger partial charge is 0.00692 e. The Balaban J connectivity index is 2.98. The molecule has 0 aliphatic carbocycles. The molecule has 0 nitrogen and oxygen atoms in total. The second-order valence-corrected chi connectivity index (χ2v) is 2.18. The van der Waals surface area contributed by atoms with Gasteiger partial charge in [0.05, 0.1) is 0 Å². The van der Waals surface area contributed by atoms with Crippen LogP contribution in [0.1, 0.15) is 13.3 Å². The van der Waals surface area contributed by atoms with Gasteiger partial charge in [0.25, 0.3) is 0 Å². The third kappa shape index (κ3) is 3.93. The summed E-state index contributed by atoms with van der Waals surface area (Å²) in [7, 11) is 0. The molecule has 1 atom stereocenters. The molecule has 0 aromatic heterocycles. The van der Waals surface area contributed by atoms with Crippen LogP contribution in [0.5, 0.6) is 0 Å². The average Bonchev–Trinajstić information content (AvgIpc) is 1.68. The zero-order chi connectivity index (χ0) is 5.70. The molecule has 0 heterocycles. The Kier molecular flexibility index (Phi) is 4.31. The number of hydrogen-bond donors (Lipinski definition) is 1. The van der Waals surface area contributed by atoms with Gasteiger partial charge in [-0.3, -0.25) is 0 Å². The Morgan fingerprint density at radius 1 is 1.86 bits per heavy atom. The maximum atomic E-state index is 4.10. The molecule has 0 bridgehead atoms. The van der Waals surface area contributed by atoms with Gasteiger partial charge in [-0.2, -0.15) is 12.6 Å². The zero-order valence-corrected chi connectivity index (χ0v) is 5.62. The van der Waals surface area contributed by atoms with Crippen molar-refractivity contribution in [1.29, 1.82) is 0 Å². The minimum Gasteiger partial charge on any atom is -0.179 e. The van der Waals surface area contributed by atoms with Gasteiger partial charge in [-0.05, 0) is 18.1 Å². The van der Waals surface area contributed by atoms with Gasteiger partial charge in [0, 0.05) is 0 Å². The van der Waals surface area contributed by atoms with E-state index in [0.717, 1.165) is 12.2 Å². The van der Waals surface area contributed by atoms with E-state index < -0.39 is 0 Å². The fraction of sp³-hybridized carbons (Fsp3) is 0.667. The fourth-order valence-electron chi connectivity index (χ4n) is 0.359. The van der Waals surface area contributed by atoms with Gasteiger partial charge in [-0.1, -0.05) is 13.0 Å². The molecule has 0 saturated carbocycles. The van der Waals surface area contributed by atoms with E-state index in [9.17, 15) is 0 Å². The van der Waals surface area contributed by atoms with E-state index >= 15 is 0 Å². The van der Waals surface area contributed by atoms with Crippen molar-refractivity contribution >= 4 is 12.6 Å². The van der Waals surface area contributed by atoms with E-state index in [1.807, 2.05) is 6.08 Å². The fourth-order valence-corrected chi connectivity index (χ4v) is 0.508. The number of hydrogen-bond acceptors (Lipinski definition) is 1. The predicted octanol–water partition coefficient (Wildman–Crippen LogP) is 2.13. The zero-order valence-electron chi connectivity index (χ0n) is 4.72. The summed E-state index contributed by atoms with van der Waals surface area (Å²) >= 11 is 4.10. The molecule has 7 heavy (non-hydrogen) atoms. The van der Waals surface area contributed by atoms with Gasteiger partial charge in [-0.15, -0.1) is 6.58 Å². The van der Waals surface area contributed by atoms with E-state index in [4.69, 9.17) is 0 Å². The Labute approximate surface area is 51.0 Å². The van der Waals surface area contributed by atoms with Crippen molar-refractivity contribution < 1.29 is 0 Å². The number of thiol groups is 1. The quantitative estimate of drug-likeness (QED) is 0.424. The maximum Gasteiger partial charge on any atom is -0.00692 e. The van der Waals surface area contributed by atoms with E-state index in [2.05, 4.69) is 26.1 Å². The second-order valence-electron chi connectivity index (χ2n) is 1.81. The van der Waals surface area contributed by atoms with Crippen LogP contribution in [0.4, 0.5) is 0 Å². The minimum atomic E-state index is 0.695. The first-order valence-electron chi connectivity index (χ1n) is 2.53. The van der Waals surface area contributed by atoms with Gasteiger partial charge in [0.1, 0.15) is 0 Å². The van der Waals surface area contributed by atoms with Gasteiger partial charge in [0.2, 0.25) is 0 Å². The molecule has 42 valence electrons. The summed E-state index contributed by atoms with van der Waals surface area (Å²) in [4.78, 5) is 0. The van der Waals surface area contributed by atoms with Crippen LogP contribution >= 0.6 is 12.6 Å². The van der Waals surface area contributed by atoms with Gasteiger partial charge in [-0.25, -0.2) is 0 Å². The molecule has 0 amide bonds. The molecule has 0 aromatic carbocycles. The second kappa shape index (κ2) is 4.25. The summed E-state index contributed by atoms with van der Waals surface area (Å²) in [5, 5.41) is 0. The van der Waals surface area contributed by atoms with Gasteiger partial charge >= 0.3 is 0 Å². The minimum absolute atomic E-state index is 0.695. The number of allylic oxidation sites excluding steroid dienone is 1. The normalized spacial score (nSPS) is 13.4. The Hall–Kier alpha value is 0.0900. The lowest BCUT2D eigenvalue weighted by Crippen LogP contribution is -1.91. The maximum absolute atomic E-state index is 4.10. The van der Waals surface area contributed by atoms with Crippen LogP contribution in [0.15, 0.2) is 12.7 Å². The van der Waals surface area contributed by atoms with Crippen LogP contribution in [0.3, 0.4) is 0 Å². The summed E-state index contributed by atoms with van der Waals surface area (Å²) < 4.78 is 0. The lowest BCUT2D eigenvalue weighted by molar-refractivity contribution is 0.678. The van der Waals surface area contributed by atoms with Crippen LogP contribution in [0.25, 0.3) is 0 Å². The van der Waals surface area contributed by atoms with Crippen molar-refractivity contribution in [1.82, 2.24) is 0 Å². The van der Waals surface area contributed by atoms with Crippen molar-refractivity contribution in [3.63, 3.8) is 0 Å². The molecule has 0 N–H and O–H groups in total. The molecule has 0 unspecified atom stereocenters. The summed E-state index contributed by atoms with van der Waals surface area (Å²) in [5.41, 5.74) is 0. The lowest BCUT2D eigenvalue weighted by atomic mass is 10.1. The first-order chi connectivity index (χ1) is 3.31. The standard InChI is InChI=1S/C6H12S/c1-3-4-6(2)5-7/h3,6-7H,1,4-5H2,2H3/t6-/m0/s1. The van der Waals surface area contributed by atoms with Crippen LogP contribution in [0.2, 0.25) is 0 Å². The number of rotatable bonds is 3. The van der Waals surface area contributed by atoms with E-state index in [1.54, 1.807) is 0 Å². The van der Waals surface area contributed by atoms with E-state index in [-0.39, 0.29) is 0 Å². The van der Waals surface area contributed by atoms with E-state index in [1.165, 1.54) is 0 Å². The molecule has 0 saturated heterocycles. The molecular formula is C6H12S. The van der Waals surface area contributed by atoms with Crippen molar-refractivity contribution in [3.05, 3.63) is 12.7 Å². The van der Waals surface area contributed by atoms with Crippen molar-refractivity contribution in [3.8, 4) is 0 Å². The highest BCUT2D eigenvalue weighted by Crippen LogP contribution is 2.02. The summed E-state index contributed by atoms with van der Waals surface area (Å²) in [5.74, 6) is 1.66. The van der Waals surface area contributed by atoms with Crippen LogP contribution < -0.4 is 0 Å². The van der Waals surface area contributed by atoms with Crippen molar-refractivity contribution in [2.24, 2.45) is 5.92 Å². The third-order valence-electron chi connectivity index (χ3n) is 0.881. The molecule has 0 aromatic rings. The molecule has 0 radical (unpaired) electrons. The van der Waals surface area contributed by atoms with Gasteiger partial charge in [0.15, 0.2) is 0 Å². The van der Waals surface area contributed by atoms with Crippen molar-refractivity contribution in [2.45, 2.75) is 13.3 Å². The molecule has 0 aliphatic rings. The largest absolute Gasteiger partial charge is 0.179 e. The summed E-state index contributed by atoms with van der Waals surface area (Å²) in [6.07, 6.45) is 3.02. The Morgan fingerprint density at radius 2 is 2.43 bits per heavy atom. The molecule has 0 rings (SSSR count). The Morgan fingerprint density at radius 3 is 2.57 bits per heavy atom. The summed E-state index contributed by atoms with van der Waals surface area (Å²) in [6, 6.07) is 0.